The second kappa shape index (κ2) is 9.07. The molecule has 0 bridgehead atoms. The summed E-state index contributed by atoms with van der Waals surface area (Å²) < 4.78 is 0. The number of hydrogen-bond acceptors (Lipinski definition) is 7. The van der Waals surface area contributed by atoms with Crippen LogP contribution >= 0.6 is 11.3 Å². The topological polar surface area (TPSA) is 129 Å². The molecule has 182 valence electrons. The third kappa shape index (κ3) is 4.17. The zero-order valence-corrected chi connectivity index (χ0v) is 20.8. The number of pyridine rings is 3. The van der Waals surface area contributed by atoms with E-state index >= 15 is 0 Å². The zero-order chi connectivity index (χ0) is 25.5. The van der Waals surface area contributed by atoms with E-state index in [0.29, 0.717) is 33.9 Å². The van der Waals surface area contributed by atoms with Crippen molar-refractivity contribution in [2.45, 2.75) is 20.3 Å². The Labute approximate surface area is 215 Å². The van der Waals surface area contributed by atoms with Crippen LogP contribution in [0.4, 0.5) is 5.69 Å². The standard InChI is InChI=1S/C27H21N7O2S/c1-3-24(36)30-16-10-15(12-28-13-16)18-4-5-20-26(32-18)27(34-33-20)21-11-17-19(31-21)8-9-29-25(17)23-7-6-22(37-23)14(2)35/h4-13,31H,3H2,1-2H3,(H,30,36)(H,33,34). The molecule has 10 heteroatoms. The molecule has 0 aliphatic heterocycles. The molecule has 0 aliphatic rings. The van der Waals surface area contributed by atoms with E-state index in [0.717, 1.165) is 38.2 Å². The van der Waals surface area contributed by atoms with Crippen molar-refractivity contribution in [1.29, 1.82) is 0 Å². The molecular weight excluding hydrogens is 486 g/mol. The van der Waals surface area contributed by atoms with E-state index in [-0.39, 0.29) is 11.7 Å². The van der Waals surface area contributed by atoms with Crippen molar-refractivity contribution in [1.82, 2.24) is 30.1 Å². The average molecular weight is 508 g/mol. The number of H-pyrrole nitrogens is 2. The largest absolute Gasteiger partial charge is 0.353 e. The lowest BCUT2D eigenvalue weighted by molar-refractivity contribution is -0.115. The first kappa shape index (κ1) is 22.7. The molecule has 0 radical (unpaired) electrons. The van der Waals surface area contributed by atoms with Crippen molar-refractivity contribution >= 4 is 50.7 Å². The van der Waals surface area contributed by atoms with E-state index in [2.05, 4.69) is 30.5 Å². The number of ketones is 1. The van der Waals surface area contributed by atoms with Crippen LogP contribution in [0, 0.1) is 0 Å². The minimum absolute atomic E-state index is 0.0385. The summed E-state index contributed by atoms with van der Waals surface area (Å²) in [5, 5.41) is 11.4. The van der Waals surface area contributed by atoms with Gasteiger partial charge in [0.2, 0.25) is 5.91 Å². The Hall–Kier alpha value is -4.70. The normalized spacial score (nSPS) is 11.3. The number of Topliss-reactive ketones (excluding diaryl/α,β-unsaturated/α-hetero) is 1. The van der Waals surface area contributed by atoms with Gasteiger partial charge < -0.3 is 10.3 Å². The molecule has 0 fully saturated rings. The fourth-order valence-electron chi connectivity index (χ4n) is 4.18. The summed E-state index contributed by atoms with van der Waals surface area (Å²) in [5.41, 5.74) is 6.81. The molecule has 3 N–H and O–H groups in total. The molecule has 6 aromatic rings. The van der Waals surface area contributed by atoms with Crippen molar-refractivity contribution in [3.05, 3.63) is 65.9 Å². The lowest BCUT2D eigenvalue weighted by Crippen LogP contribution is -2.09. The van der Waals surface area contributed by atoms with Crippen LogP contribution in [-0.2, 0) is 4.79 Å². The smallest absolute Gasteiger partial charge is 0.224 e. The van der Waals surface area contributed by atoms with Crippen LogP contribution in [0.25, 0.3) is 55.2 Å². The van der Waals surface area contributed by atoms with Gasteiger partial charge in [0.1, 0.15) is 11.2 Å². The lowest BCUT2D eigenvalue weighted by atomic mass is 10.1. The molecule has 0 saturated heterocycles. The van der Waals surface area contributed by atoms with Gasteiger partial charge in [-0.3, -0.25) is 24.7 Å². The van der Waals surface area contributed by atoms with Crippen molar-refractivity contribution in [2.24, 2.45) is 0 Å². The molecule has 6 aromatic heterocycles. The summed E-state index contributed by atoms with van der Waals surface area (Å²) in [6, 6.07) is 13.4. The second-order valence-corrected chi connectivity index (χ2v) is 9.64. The van der Waals surface area contributed by atoms with Gasteiger partial charge >= 0.3 is 0 Å². The number of carbonyl (C=O) groups is 2. The molecule has 9 nitrogen and oxygen atoms in total. The summed E-state index contributed by atoms with van der Waals surface area (Å²) in [6.07, 6.45) is 5.47. The van der Waals surface area contributed by atoms with Crippen molar-refractivity contribution in [2.75, 3.05) is 5.32 Å². The number of anilines is 1. The number of carbonyl (C=O) groups excluding carboxylic acids is 2. The number of aromatic amines is 2. The molecule has 0 atom stereocenters. The second-order valence-electron chi connectivity index (χ2n) is 8.55. The number of rotatable bonds is 6. The SMILES string of the molecule is CCC(=O)Nc1cncc(-c2ccc3[nH]nc(-c4cc5c(-c6ccc(C(C)=O)s6)nccc5[nH]4)c3n2)c1. The molecule has 1 amide bonds. The third-order valence-corrected chi connectivity index (χ3v) is 7.23. The maximum atomic E-state index is 11.8. The summed E-state index contributed by atoms with van der Waals surface area (Å²) >= 11 is 1.43. The Morgan fingerprint density at radius 2 is 1.92 bits per heavy atom. The van der Waals surface area contributed by atoms with Gasteiger partial charge in [-0.1, -0.05) is 6.92 Å². The summed E-state index contributed by atoms with van der Waals surface area (Å²) in [5.74, 6) is -0.0382. The third-order valence-electron chi connectivity index (χ3n) is 6.04. The van der Waals surface area contributed by atoms with Gasteiger partial charge in [0.05, 0.1) is 44.2 Å². The van der Waals surface area contributed by atoms with Crippen LogP contribution in [0.2, 0.25) is 0 Å². The number of aromatic nitrogens is 6. The molecule has 0 aliphatic carbocycles. The minimum atomic E-state index is -0.0766. The highest BCUT2D eigenvalue weighted by Gasteiger charge is 2.17. The Balaban J connectivity index is 1.42. The Morgan fingerprint density at radius 3 is 2.73 bits per heavy atom. The fourth-order valence-corrected chi connectivity index (χ4v) is 5.09. The first-order chi connectivity index (χ1) is 18.0. The van der Waals surface area contributed by atoms with E-state index < -0.39 is 0 Å². The van der Waals surface area contributed by atoms with Gasteiger partial charge in [-0.15, -0.1) is 11.3 Å². The van der Waals surface area contributed by atoms with E-state index in [4.69, 9.17) is 4.98 Å². The Bertz CT molecular complexity index is 1810. The van der Waals surface area contributed by atoms with Gasteiger partial charge in [0.25, 0.3) is 0 Å². The number of fused-ring (bicyclic) bond motifs is 2. The van der Waals surface area contributed by atoms with Gasteiger partial charge in [-0.05, 0) is 49.4 Å². The first-order valence-electron chi connectivity index (χ1n) is 11.7. The quantitative estimate of drug-likeness (QED) is 0.243. The Kier molecular flexibility index (Phi) is 5.57. The summed E-state index contributed by atoms with van der Waals surface area (Å²) in [6.45, 7) is 3.37. The van der Waals surface area contributed by atoms with Crippen molar-refractivity contribution in [3.8, 4) is 33.2 Å². The van der Waals surface area contributed by atoms with Gasteiger partial charge in [0.15, 0.2) is 5.78 Å². The van der Waals surface area contributed by atoms with Crippen LogP contribution in [0.1, 0.15) is 29.9 Å². The molecule has 0 aromatic carbocycles. The molecule has 6 rings (SSSR count). The van der Waals surface area contributed by atoms with E-state index in [1.54, 1.807) is 32.4 Å². The number of amides is 1. The number of nitrogens with one attached hydrogen (secondary N) is 3. The van der Waals surface area contributed by atoms with E-state index in [9.17, 15) is 9.59 Å². The molecule has 6 heterocycles. The molecule has 0 spiro atoms. The minimum Gasteiger partial charge on any atom is -0.353 e. The molecule has 0 unspecified atom stereocenters. The maximum absolute atomic E-state index is 11.8. The average Bonchev–Trinajstić information content (AvgIpc) is 3.66. The predicted molar refractivity (Wildman–Crippen MR) is 144 cm³/mol. The van der Waals surface area contributed by atoms with Gasteiger partial charge in [-0.25, -0.2) is 4.98 Å². The van der Waals surface area contributed by atoms with Crippen molar-refractivity contribution < 1.29 is 9.59 Å². The fraction of sp³-hybridized carbons (Fsp3) is 0.111. The highest BCUT2D eigenvalue weighted by atomic mass is 32.1. The monoisotopic (exact) mass is 507 g/mol. The van der Waals surface area contributed by atoms with Crippen LogP contribution in [0.5, 0.6) is 0 Å². The van der Waals surface area contributed by atoms with Crippen LogP contribution < -0.4 is 5.32 Å². The summed E-state index contributed by atoms with van der Waals surface area (Å²) in [7, 11) is 0. The van der Waals surface area contributed by atoms with Crippen molar-refractivity contribution in [3.63, 3.8) is 0 Å². The van der Waals surface area contributed by atoms with Gasteiger partial charge in [0, 0.05) is 35.3 Å². The maximum Gasteiger partial charge on any atom is 0.224 e. The van der Waals surface area contributed by atoms with Gasteiger partial charge in [-0.2, -0.15) is 5.10 Å². The number of nitrogens with zero attached hydrogens (tertiary/aromatic N) is 4. The highest BCUT2D eigenvalue weighted by Crippen LogP contribution is 2.35. The number of thiophene rings is 1. The first-order valence-corrected chi connectivity index (χ1v) is 12.5. The molecule has 37 heavy (non-hydrogen) atoms. The number of hydrogen-bond donors (Lipinski definition) is 3. The van der Waals surface area contributed by atoms with Crippen LogP contribution in [-0.4, -0.2) is 41.8 Å². The van der Waals surface area contributed by atoms with E-state index in [1.807, 2.05) is 42.5 Å². The predicted octanol–water partition coefficient (Wildman–Crippen LogP) is 5.84. The Morgan fingerprint density at radius 1 is 1.03 bits per heavy atom. The van der Waals surface area contributed by atoms with Crippen LogP contribution in [0.3, 0.4) is 0 Å². The lowest BCUT2D eigenvalue weighted by Gasteiger charge is -2.06. The highest BCUT2D eigenvalue weighted by molar-refractivity contribution is 7.17. The van der Waals surface area contributed by atoms with Crippen LogP contribution in [0.15, 0.2) is 61.1 Å². The molecular formula is C27H21N7O2S. The zero-order valence-electron chi connectivity index (χ0n) is 20.0. The van der Waals surface area contributed by atoms with E-state index in [1.165, 1.54) is 11.3 Å². The molecule has 0 saturated carbocycles. The summed E-state index contributed by atoms with van der Waals surface area (Å²) in [4.78, 5) is 42.4.